The van der Waals surface area contributed by atoms with Crippen LogP contribution in [0.2, 0.25) is 0 Å². The molecule has 116 valence electrons. The number of rotatable bonds is 4. The molecule has 2 aromatic heterocycles. The first-order valence-electron chi connectivity index (χ1n) is 6.96. The van der Waals surface area contributed by atoms with Crippen LogP contribution in [-0.4, -0.2) is 15.0 Å². The average molecular weight is 371 g/mol. The molecule has 0 aliphatic carbocycles. The monoisotopic (exact) mass is 370 g/mol. The molecule has 7 heteroatoms. The molecule has 0 radical (unpaired) electrons. The van der Waals surface area contributed by atoms with E-state index in [1.165, 1.54) is 6.33 Å². The van der Waals surface area contributed by atoms with E-state index in [4.69, 9.17) is 5.73 Å². The number of hydrogen-bond acceptors (Lipinski definition) is 6. The van der Waals surface area contributed by atoms with Crippen LogP contribution in [-0.2, 0) is 0 Å². The fraction of sp³-hybridized carbons (Fsp3) is 0.0625. The van der Waals surface area contributed by atoms with Crippen LogP contribution in [0.4, 0.5) is 28.8 Å². The molecule has 0 atom stereocenters. The van der Waals surface area contributed by atoms with Crippen LogP contribution in [0.5, 0.6) is 0 Å². The minimum atomic E-state index is 0.423. The Balaban J connectivity index is 1.88. The minimum Gasteiger partial charge on any atom is -0.393 e. The van der Waals surface area contributed by atoms with Gasteiger partial charge in [-0.3, -0.25) is 0 Å². The highest BCUT2D eigenvalue weighted by atomic mass is 79.9. The highest BCUT2D eigenvalue weighted by Crippen LogP contribution is 2.30. The lowest BCUT2D eigenvalue weighted by Gasteiger charge is -2.13. The number of hydrogen-bond donors (Lipinski definition) is 3. The van der Waals surface area contributed by atoms with Gasteiger partial charge in [0.15, 0.2) is 11.6 Å². The van der Waals surface area contributed by atoms with Crippen molar-refractivity contribution in [2.75, 3.05) is 16.4 Å². The lowest BCUT2D eigenvalue weighted by atomic mass is 10.3. The summed E-state index contributed by atoms with van der Waals surface area (Å²) in [5, 5.41) is 6.31. The Morgan fingerprint density at radius 3 is 2.43 bits per heavy atom. The van der Waals surface area contributed by atoms with E-state index in [1.807, 2.05) is 49.4 Å². The standard InChI is InChI=1S/C16H15BrN6/c1-10-5-4-8-13(21-10)23-16-14(18)15(19-9-20-16)22-12-7-3-2-6-11(12)17/h2-9H,18H2,1H3,(H2,19,20,21,22,23). The molecule has 23 heavy (non-hydrogen) atoms. The average Bonchev–Trinajstić information content (AvgIpc) is 2.53. The molecule has 0 fully saturated rings. The van der Waals surface area contributed by atoms with Gasteiger partial charge in [-0.05, 0) is 47.1 Å². The molecule has 0 amide bonds. The maximum atomic E-state index is 6.17. The van der Waals surface area contributed by atoms with Crippen molar-refractivity contribution in [3.8, 4) is 0 Å². The molecule has 1 aromatic carbocycles. The first-order chi connectivity index (χ1) is 11.1. The number of nitrogens with one attached hydrogen (secondary N) is 2. The van der Waals surface area contributed by atoms with E-state index in [0.717, 1.165) is 15.9 Å². The Morgan fingerprint density at radius 2 is 1.70 bits per heavy atom. The second-order valence-corrected chi connectivity index (χ2v) is 5.73. The smallest absolute Gasteiger partial charge is 0.160 e. The topological polar surface area (TPSA) is 88.8 Å². The third-order valence-corrected chi connectivity index (χ3v) is 3.84. The van der Waals surface area contributed by atoms with Crippen LogP contribution in [0.1, 0.15) is 5.69 Å². The minimum absolute atomic E-state index is 0.423. The highest BCUT2D eigenvalue weighted by Gasteiger charge is 2.10. The Labute approximate surface area is 142 Å². The van der Waals surface area contributed by atoms with Gasteiger partial charge in [-0.1, -0.05) is 18.2 Å². The zero-order chi connectivity index (χ0) is 16.2. The number of benzene rings is 1. The van der Waals surface area contributed by atoms with Crippen molar-refractivity contribution in [2.45, 2.75) is 6.92 Å². The van der Waals surface area contributed by atoms with Crippen molar-refractivity contribution < 1.29 is 0 Å². The molecule has 6 nitrogen and oxygen atoms in total. The molecule has 0 saturated heterocycles. The summed E-state index contributed by atoms with van der Waals surface area (Å²) < 4.78 is 0.924. The first-order valence-corrected chi connectivity index (χ1v) is 7.75. The molecule has 0 aliphatic heterocycles. The molecular formula is C16H15BrN6. The number of aryl methyl sites for hydroxylation is 1. The lowest BCUT2D eigenvalue weighted by Crippen LogP contribution is -2.06. The molecule has 2 heterocycles. The van der Waals surface area contributed by atoms with E-state index in [9.17, 15) is 0 Å². The largest absolute Gasteiger partial charge is 0.393 e. The summed E-state index contributed by atoms with van der Waals surface area (Å²) >= 11 is 3.49. The SMILES string of the molecule is Cc1cccc(Nc2ncnc(Nc3ccccc3Br)c2N)n1. The zero-order valence-electron chi connectivity index (χ0n) is 12.4. The van der Waals surface area contributed by atoms with Gasteiger partial charge in [0.1, 0.15) is 17.8 Å². The van der Waals surface area contributed by atoms with Gasteiger partial charge in [0.25, 0.3) is 0 Å². The van der Waals surface area contributed by atoms with Crippen molar-refractivity contribution in [1.29, 1.82) is 0 Å². The molecule has 3 rings (SSSR count). The molecule has 0 bridgehead atoms. The fourth-order valence-electron chi connectivity index (χ4n) is 2.02. The number of anilines is 5. The van der Waals surface area contributed by atoms with Gasteiger partial charge in [0, 0.05) is 10.2 Å². The summed E-state index contributed by atoms with van der Waals surface area (Å²) in [6, 6.07) is 13.4. The van der Waals surface area contributed by atoms with Crippen molar-refractivity contribution in [3.05, 3.63) is 59.0 Å². The maximum absolute atomic E-state index is 6.17. The van der Waals surface area contributed by atoms with Crippen LogP contribution in [0.25, 0.3) is 0 Å². The third-order valence-electron chi connectivity index (χ3n) is 3.15. The van der Waals surface area contributed by atoms with Gasteiger partial charge in [-0.25, -0.2) is 15.0 Å². The summed E-state index contributed by atoms with van der Waals surface area (Å²) in [4.78, 5) is 12.8. The fourth-order valence-corrected chi connectivity index (χ4v) is 2.40. The summed E-state index contributed by atoms with van der Waals surface area (Å²) in [6.07, 6.45) is 1.45. The van der Waals surface area contributed by atoms with Gasteiger partial charge in [-0.2, -0.15) is 0 Å². The molecule has 0 saturated carbocycles. The van der Waals surface area contributed by atoms with Crippen LogP contribution >= 0.6 is 15.9 Å². The predicted octanol–water partition coefficient (Wildman–Crippen LogP) is 4.01. The lowest BCUT2D eigenvalue weighted by molar-refractivity contribution is 1.15. The summed E-state index contributed by atoms with van der Waals surface area (Å²) in [6.45, 7) is 1.93. The second-order valence-electron chi connectivity index (χ2n) is 4.88. The van der Waals surface area contributed by atoms with E-state index >= 15 is 0 Å². The number of aromatic nitrogens is 3. The number of nitrogens with two attached hydrogens (primary N) is 1. The molecule has 3 aromatic rings. The summed E-state index contributed by atoms with van der Waals surface area (Å²) in [5.41, 5.74) is 8.38. The van der Waals surface area contributed by atoms with Gasteiger partial charge in [-0.15, -0.1) is 0 Å². The van der Waals surface area contributed by atoms with Gasteiger partial charge in [0.2, 0.25) is 0 Å². The summed E-state index contributed by atoms with van der Waals surface area (Å²) in [5.74, 6) is 1.72. The van der Waals surface area contributed by atoms with Gasteiger partial charge < -0.3 is 16.4 Å². The van der Waals surface area contributed by atoms with Crippen LogP contribution < -0.4 is 16.4 Å². The van der Waals surface area contributed by atoms with Crippen molar-refractivity contribution in [3.63, 3.8) is 0 Å². The van der Waals surface area contributed by atoms with Gasteiger partial charge in [0.05, 0.1) is 5.69 Å². The van der Waals surface area contributed by atoms with E-state index in [-0.39, 0.29) is 0 Å². The van der Waals surface area contributed by atoms with Crippen molar-refractivity contribution in [2.24, 2.45) is 0 Å². The molecule has 0 aliphatic rings. The van der Waals surface area contributed by atoms with Crippen LogP contribution in [0.3, 0.4) is 0 Å². The number of nitrogens with zero attached hydrogens (tertiary/aromatic N) is 3. The highest BCUT2D eigenvalue weighted by molar-refractivity contribution is 9.10. The second kappa shape index (κ2) is 6.62. The molecular weight excluding hydrogens is 356 g/mol. The molecule has 4 N–H and O–H groups in total. The van der Waals surface area contributed by atoms with E-state index in [0.29, 0.717) is 23.1 Å². The predicted molar refractivity (Wildman–Crippen MR) is 96.1 cm³/mol. The zero-order valence-corrected chi connectivity index (χ0v) is 14.0. The quantitative estimate of drug-likeness (QED) is 0.642. The van der Waals surface area contributed by atoms with Crippen molar-refractivity contribution >= 4 is 44.8 Å². The number of para-hydroxylation sites is 1. The Hall–Kier alpha value is -2.67. The number of pyridine rings is 1. The maximum Gasteiger partial charge on any atom is 0.160 e. The van der Waals surface area contributed by atoms with E-state index < -0.39 is 0 Å². The van der Waals surface area contributed by atoms with Crippen LogP contribution in [0, 0.1) is 6.92 Å². The normalized spacial score (nSPS) is 10.3. The van der Waals surface area contributed by atoms with E-state index in [2.05, 4.69) is 41.5 Å². The third kappa shape index (κ3) is 3.57. The Bertz CT molecular complexity index is 836. The number of nitrogen functional groups attached to an aromatic ring is 1. The Morgan fingerprint density at radius 1 is 0.957 bits per heavy atom. The number of halogens is 1. The van der Waals surface area contributed by atoms with E-state index in [1.54, 1.807) is 0 Å². The van der Waals surface area contributed by atoms with Gasteiger partial charge >= 0.3 is 0 Å². The van der Waals surface area contributed by atoms with Crippen molar-refractivity contribution in [1.82, 2.24) is 15.0 Å². The Kier molecular flexibility index (Phi) is 4.38. The molecule has 0 unspecified atom stereocenters. The summed E-state index contributed by atoms with van der Waals surface area (Å²) in [7, 11) is 0. The molecule has 0 spiro atoms. The first kappa shape index (κ1) is 15.2. The van der Waals surface area contributed by atoms with Crippen LogP contribution in [0.15, 0.2) is 53.3 Å².